The number of nitrogens with one attached hydrogen (secondary N) is 1. The predicted molar refractivity (Wildman–Crippen MR) is 186 cm³/mol. The Bertz CT molecular complexity index is 1800. The number of rotatable bonds is 2. The van der Waals surface area contributed by atoms with Crippen LogP contribution in [0.15, 0.2) is 60.1 Å². The lowest BCUT2D eigenvalue weighted by Crippen LogP contribution is -2.53. The van der Waals surface area contributed by atoms with Gasteiger partial charge >= 0.3 is 0 Å². The summed E-state index contributed by atoms with van der Waals surface area (Å²) in [7, 11) is -3.97. The number of hydrogen-bond acceptors (Lipinski definition) is 8. The number of aromatic nitrogens is 1. The van der Waals surface area contributed by atoms with Crippen molar-refractivity contribution >= 4 is 44.6 Å². The molecule has 1 spiro atoms. The summed E-state index contributed by atoms with van der Waals surface area (Å²) in [6.45, 7) is 5.29. The van der Waals surface area contributed by atoms with Gasteiger partial charge in [0.15, 0.2) is 0 Å². The number of halogens is 1. The van der Waals surface area contributed by atoms with Crippen molar-refractivity contribution < 1.29 is 23.1 Å². The Morgan fingerprint density at radius 3 is 2.81 bits per heavy atom. The number of aliphatic hydroxyl groups is 1. The average Bonchev–Trinajstić information content (AvgIpc) is 3.47. The Hall–Kier alpha value is -2.92. The van der Waals surface area contributed by atoms with E-state index in [1.54, 1.807) is 31.3 Å². The summed E-state index contributed by atoms with van der Waals surface area (Å²) in [6.07, 6.45) is 11.2. The first-order chi connectivity index (χ1) is 22.5. The van der Waals surface area contributed by atoms with Gasteiger partial charge in [0.2, 0.25) is 10.0 Å². The molecule has 250 valence electrons. The number of allylic oxidation sites excluding steroid dienone is 1. The molecule has 3 heterocycles. The van der Waals surface area contributed by atoms with Gasteiger partial charge in [0.1, 0.15) is 5.75 Å². The smallest absolute Gasteiger partial charge is 0.264 e. The number of nitrogens with zero attached hydrogens (tertiary/aromatic N) is 2. The zero-order valence-electron chi connectivity index (χ0n) is 26.8. The average molecular weight is 696 g/mol. The highest BCUT2D eigenvalue weighted by Crippen LogP contribution is 2.49. The summed E-state index contributed by atoms with van der Waals surface area (Å²) < 4.78 is 35.7. The van der Waals surface area contributed by atoms with Crippen molar-refractivity contribution in [1.82, 2.24) is 9.71 Å². The number of carbonyl (C=O) groups excluding carboxylic acids is 1. The first-order valence-electron chi connectivity index (χ1n) is 16.6. The monoisotopic (exact) mass is 695 g/mol. The summed E-state index contributed by atoms with van der Waals surface area (Å²) in [5.41, 5.74) is 2.09. The molecular formula is C36H42ClN3O5S2. The van der Waals surface area contributed by atoms with Crippen LogP contribution in [0.3, 0.4) is 0 Å². The maximum absolute atomic E-state index is 13.5. The molecule has 2 bridgehead atoms. The van der Waals surface area contributed by atoms with Gasteiger partial charge in [0.05, 0.1) is 28.2 Å². The van der Waals surface area contributed by atoms with Gasteiger partial charge in [-0.15, -0.1) is 11.3 Å². The van der Waals surface area contributed by atoms with Gasteiger partial charge in [0, 0.05) is 47.1 Å². The number of amides is 1. The Balaban J connectivity index is 1.32. The predicted octanol–water partition coefficient (Wildman–Crippen LogP) is 6.31. The number of anilines is 1. The topological polar surface area (TPSA) is 109 Å². The van der Waals surface area contributed by atoms with E-state index < -0.39 is 26.8 Å². The van der Waals surface area contributed by atoms with Crippen LogP contribution < -0.4 is 14.4 Å². The van der Waals surface area contributed by atoms with Crippen molar-refractivity contribution in [2.45, 2.75) is 75.1 Å². The third kappa shape index (κ3) is 6.22. The molecule has 3 aromatic rings. The van der Waals surface area contributed by atoms with E-state index in [2.05, 4.69) is 26.7 Å². The largest absolute Gasteiger partial charge is 0.490 e. The van der Waals surface area contributed by atoms with Crippen LogP contribution in [-0.4, -0.2) is 55.0 Å². The lowest BCUT2D eigenvalue weighted by molar-refractivity contribution is -0.0447. The van der Waals surface area contributed by atoms with Gasteiger partial charge in [0.25, 0.3) is 5.91 Å². The highest BCUT2D eigenvalue weighted by molar-refractivity contribution is 7.90. The molecule has 0 unspecified atom stereocenters. The van der Waals surface area contributed by atoms with Crippen molar-refractivity contribution in [3.05, 3.63) is 86.8 Å². The van der Waals surface area contributed by atoms with Crippen LogP contribution in [-0.2, 0) is 28.3 Å². The lowest BCUT2D eigenvalue weighted by Gasteiger charge is -2.49. The molecule has 1 saturated carbocycles. The van der Waals surface area contributed by atoms with Crippen LogP contribution in [0.1, 0.15) is 72.4 Å². The van der Waals surface area contributed by atoms with Gasteiger partial charge < -0.3 is 14.7 Å². The third-order valence-electron chi connectivity index (χ3n) is 11.2. The number of aryl methyl sites for hydroxylation is 1. The third-order valence-corrected chi connectivity index (χ3v) is 14.1. The maximum Gasteiger partial charge on any atom is 0.264 e. The van der Waals surface area contributed by atoms with E-state index in [1.165, 1.54) is 22.5 Å². The van der Waals surface area contributed by atoms with Crippen LogP contribution in [0.5, 0.6) is 5.75 Å². The van der Waals surface area contributed by atoms with E-state index in [9.17, 15) is 18.3 Å². The molecule has 2 aliphatic heterocycles. The Morgan fingerprint density at radius 1 is 1.19 bits per heavy atom. The standard InChI is InChI=1S/C36H42ClN3O5S2/c1-23-5-3-14-36(42,19-33-38-15-16-46-33)30-10-7-27(30)20-40-21-35(13-4-6-25-17-28(37)9-11-29(25)35)22-45-32-12-8-26(18-31(32)40)34(41)39-47(43,44)24(23)2/h3,8-9,11-12,14-18,23-24,27,30,42H,4-7,10,13,19-22H2,1-2H3,(H,39,41)/b14-3-/t23-,24+,27-,30+,35-,36-/m0/s1. The first-order valence-corrected chi connectivity index (χ1v) is 19.4. The summed E-state index contributed by atoms with van der Waals surface area (Å²) in [5, 5.41) is 15.1. The van der Waals surface area contributed by atoms with E-state index in [1.807, 2.05) is 30.5 Å². The number of thiazole rings is 1. The molecule has 2 aliphatic carbocycles. The van der Waals surface area contributed by atoms with Gasteiger partial charge in [-0.3, -0.25) is 4.79 Å². The van der Waals surface area contributed by atoms with Crippen molar-refractivity contribution in [2.24, 2.45) is 17.8 Å². The molecule has 2 N–H and O–H groups in total. The molecular weight excluding hydrogens is 654 g/mol. The first kappa shape index (κ1) is 32.6. The highest BCUT2D eigenvalue weighted by atomic mass is 35.5. The van der Waals surface area contributed by atoms with Crippen LogP contribution in [0.4, 0.5) is 5.69 Å². The van der Waals surface area contributed by atoms with Crippen molar-refractivity contribution in [3.8, 4) is 5.75 Å². The van der Waals surface area contributed by atoms with Gasteiger partial charge in [-0.2, -0.15) is 0 Å². The summed E-state index contributed by atoms with van der Waals surface area (Å²) in [6, 6.07) is 11.4. The molecule has 4 aliphatic rings. The Morgan fingerprint density at radius 2 is 2.04 bits per heavy atom. The quantitative estimate of drug-likeness (QED) is 0.303. The fraction of sp³-hybridized carbons (Fsp3) is 0.500. The van der Waals surface area contributed by atoms with Crippen molar-refractivity contribution in [3.63, 3.8) is 0 Å². The number of fused-ring (bicyclic) bond motifs is 4. The molecule has 2 aromatic carbocycles. The summed E-state index contributed by atoms with van der Waals surface area (Å²) in [5.74, 6) is -0.0988. The van der Waals surface area contributed by atoms with Gasteiger partial charge in [-0.05, 0) is 105 Å². The molecule has 1 amide bonds. The number of carbonyl (C=O) groups is 1. The van der Waals surface area contributed by atoms with E-state index >= 15 is 0 Å². The molecule has 8 nitrogen and oxygen atoms in total. The summed E-state index contributed by atoms with van der Waals surface area (Å²) >= 11 is 7.98. The molecule has 0 saturated heterocycles. The number of hydrogen-bond donors (Lipinski definition) is 2. The fourth-order valence-corrected chi connectivity index (χ4v) is 10.3. The van der Waals surface area contributed by atoms with Crippen LogP contribution >= 0.6 is 22.9 Å². The van der Waals surface area contributed by atoms with Crippen LogP contribution in [0, 0.1) is 17.8 Å². The van der Waals surface area contributed by atoms with Crippen LogP contribution in [0.25, 0.3) is 0 Å². The molecule has 1 aromatic heterocycles. The van der Waals surface area contributed by atoms with E-state index in [0.717, 1.165) is 47.8 Å². The highest BCUT2D eigenvalue weighted by Gasteiger charge is 2.48. The maximum atomic E-state index is 13.5. The van der Waals surface area contributed by atoms with Gasteiger partial charge in [-0.1, -0.05) is 36.7 Å². The normalized spacial score (nSPS) is 32.6. The minimum absolute atomic E-state index is 0.0143. The van der Waals surface area contributed by atoms with Crippen molar-refractivity contribution in [1.29, 1.82) is 0 Å². The zero-order valence-corrected chi connectivity index (χ0v) is 29.2. The number of sulfonamides is 1. The minimum Gasteiger partial charge on any atom is -0.490 e. The lowest BCUT2D eigenvalue weighted by atomic mass is 9.63. The van der Waals surface area contributed by atoms with Crippen molar-refractivity contribution in [2.75, 3.05) is 24.6 Å². The van der Waals surface area contributed by atoms with E-state index in [4.69, 9.17) is 16.3 Å². The Labute approximate surface area is 286 Å². The fourth-order valence-electron chi connectivity index (χ4n) is 8.15. The van der Waals surface area contributed by atoms with Gasteiger partial charge in [-0.25, -0.2) is 18.1 Å². The number of benzene rings is 2. The SMILES string of the molecule is C[C@@H]1[C@@H](C)C/C=C\[C@](O)(Cc2nccs2)[C@@H]2CC[C@H]2CN2C[C@@]3(CCCc4cc(Cl)ccc43)COc3ccc(cc32)C(=O)NS1(=O)=O. The molecule has 47 heavy (non-hydrogen) atoms. The summed E-state index contributed by atoms with van der Waals surface area (Å²) in [4.78, 5) is 20.3. The van der Waals surface area contributed by atoms with E-state index in [-0.39, 0.29) is 28.7 Å². The molecule has 1 fully saturated rings. The molecule has 7 rings (SSSR count). The van der Waals surface area contributed by atoms with Crippen LogP contribution in [0.2, 0.25) is 5.02 Å². The molecule has 11 heteroatoms. The Kier molecular flexibility index (Phi) is 8.68. The zero-order chi connectivity index (χ0) is 33.0. The minimum atomic E-state index is -3.97. The molecule has 6 atom stereocenters. The molecule has 0 radical (unpaired) electrons. The second-order valence-corrected chi connectivity index (χ2v) is 17.6. The second-order valence-electron chi connectivity index (χ2n) is 14.1. The second kappa shape index (κ2) is 12.5. The van der Waals surface area contributed by atoms with E-state index in [0.29, 0.717) is 38.3 Å². The number of ether oxygens (including phenoxy) is 1.